The molecule has 0 bridgehead atoms. The lowest BCUT2D eigenvalue weighted by molar-refractivity contribution is -0.105. The van der Waals surface area contributed by atoms with Crippen LogP contribution in [0.25, 0.3) is 22.0 Å². The number of hydrogen-bond acceptors (Lipinski definition) is 5. The van der Waals surface area contributed by atoms with Gasteiger partial charge in [0.1, 0.15) is 6.29 Å². The van der Waals surface area contributed by atoms with Gasteiger partial charge in [0.05, 0.1) is 17.1 Å². The van der Waals surface area contributed by atoms with Gasteiger partial charge in [-0.3, -0.25) is 0 Å². The summed E-state index contributed by atoms with van der Waals surface area (Å²) >= 11 is 1.56. The smallest absolute Gasteiger partial charge is 0.130 e. The van der Waals surface area contributed by atoms with Gasteiger partial charge in [0.15, 0.2) is 0 Å². The summed E-state index contributed by atoms with van der Waals surface area (Å²) in [5.41, 5.74) is 13.7. The third-order valence-electron chi connectivity index (χ3n) is 6.25. The Kier molecular flexibility index (Phi) is 9.48. The van der Waals surface area contributed by atoms with E-state index in [9.17, 15) is 4.79 Å². The maximum absolute atomic E-state index is 11.1. The molecule has 1 aromatic heterocycles. The summed E-state index contributed by atoms with van der Waals surface area (Å²) in [7, 11) is 2.09. The average molecular weight is 535 g/mol. The maximum Gasteiger partial charge on any atom is 0.130 e. The van der Waals surface area contributed by atoms with Crippen LogP contribution in [0.15, 0.2) is 115 Å². The van der Waals surface area contributed by atoms with Gasteiger partial charge in [0, 0.05) is 41.3 Å². The number of rotatable bonds is 9. The highest BCUT2D eigenvalue weighted by molar-refractivity contribution is 8.00. The highest BCUT2D eigenvalue weighted by atomic mass is 32.2. The summed E-state index contributed by atoms with van der Waals surface area (Å²) in [6.45, 7) is 6.04. The lowest BCUT2D eigenvalue weighted by Gasteiger charge is -2.23. The van der Waals surface area contributed by atoms with E-state index >= 15 is 0 Å². The molecule has 5 rings (SSSR count). The van der Waals surface area contributed by atoms with Crippen LogP contribution in [0.3, 0.4) is 0 Å². The van der Waals surface area contributed by atoms with E-state index in [1.165, 1.54) is 28.5 Å². The number of benzene rings is 4. The molecule has 1 heterocycles. The van der Waals surface area contributed by atoms with Crippen molar-refractivity contribution in [2.24, 2.45) is 5.73 Å². The van der Waals surface area contributed by atoms with Crippen LogP contribution >= 0.6 is 11.8 Å². The van der Waals surface area contributed by atoms with Crippen molar-refractivity contribution >= 4 is 46.0 Å². The number of aromatic amines is 1. The molecular formula is C33H34N4OS. The van der Waals surface area contributed by atoms with Crippen LogP contribution in [0, 0.1) is 6.92 Å². The first kappa shape index (κ1) is 27.6. The topological polar surface area (TPSA) is 74.1 Å². The van der Waals surface area contributed by atoms with Crippen molar-refractivity contribution < 1.29 is 4.79 Å². The standard InChI is InChI=1S/C31H29N3OS.C2H5N/c1-22-7-6-10-24(17-22)25-11-13-28-27(18-25)29(20-32-28)33-26-12-14-31(36-16-15-35)30(19-26)34(2)21-23-8-4-3-5-9-23;1-2-3/h3-15,17-20,32-33H,16,21H2,1-2H3;2H,1,3H2. The van der Waals surface area contributed by atoms with Gasteiger partial charge in [-0.15, -0.1) is 11.8 Å². The Balaban J connectivity index is 0.00000112. The Morgan fingerprint density at radius 1 is 0.974 bits per heavy atom. The van der Waals surface area contributed by atoms with E-state index in [0.29, 0.717) is 5.75 Å². The molecule has 4 N–H and O–H groups in total. The Bertz CT molecular complexity index is 1540. The molecule has 0 unspecified atom stereocenters. The maximum atomic E-state index is 11.1. The summed E-state index contributed by atoms with van der Waals surface area (Å²) in [5, 5.41) is 4.77. The lowest BCUT2D eigenvalue weighted by atomic mass is 10.0. The fourth-order valence-corrected chi connectivity index (χ4v) is 5.24. The number of anilines is 3. The predicted octanol–water partition coefficient (Wildman–Crippen LogP) is 7.90. The molecule has 0 aliphatic carbocycles. The van der Waals surface area contributed by atoms with Crippen LogP contribution in [0.4, 0.5) is 17.1 Å². The SMILES string of the molecule is C=CN.Cc1cccc(-c2ccc3[nH]cc(Nc4ccc(SCC=O)c(N(C)Cc5ccccc5)c4)c3c2)c1. The molecule has 4 aromatic carbocycles. The summed E-state index contributed by atoms with van der Waals surface area (Å²) in [6, 6.07) is 31.9. The largest absolute Gasteiger partial charge is 0.405 e. The second-order valence-corrected chi connectivity index (χ2v) is 10.3. The monoisotopic (exact) mass is 534 g/mol. The van der Waals surface area contributed by atoms with E-state index in [1.54, 1.807) is 11.8 Å². The molecule has 5 aromatic rings. The molecule has 0 saturated carbocycles. The van der Waals surface area contributed by atoms with Crippen LogP contribution in [-0.2, 0) is 11.3 Å². The number of nitrogens with zero attached hydrogens (tertiary/aromatic N) is 1. The highest BCUT2D eigenvalue weighted by Gasteiger charge is 2.12. The van der Waals surface area contributed by atoms with Crippen LogP contribution in [0.2, 0.25) is 0 Å². The minimum Gasteiger partial charge on any atom is -0.405 e. The number of aryl methyl sites for hydroxylation is 1. The Morgan fingerprint density at radius 3 is 2.49 bits per heavy atom. The number of carbonyl (C=O) groups excluding carboxylic acids is 1. The first-order chi connectivity index (χ1) is 19.0. The van der Waals surface area contributed by atoms with Crippen LogP contribution in [-0.4, -0.2) is 24.1 Å². The number of fused-ring (bicyclic) bond motifs is 1. The summed E-state index contributed by atoms with van der Waals surface area (Å²) in [4.78, 5) is 17.8. The molecule has 0 atom stereocenters. The Morgan fingerprint density at radius 2 is 1.74 bits per heavy atom. The normalized spacial score (nSPS) is 10.4. The zero-order chi connectivity index (χ0) is 27.6. The van der Waals surface area contributed by atoms with Gasteiger partial charge in [-0.25, -0.2) is 0 Å². The fraction of sp³-hybridized carbons (Fsp3) is 0.121. The number of nitrogens with one attached hydrogen (secondary N) is 2. The first-order valence-electron chi connectivity index (χ1n) is 12.8. The first-order valence-corrected chi connectivity index (χ1v) is 13.7. The summed E-state index contributed by atoms with van der Waals surface area (Å²) in [6.07, 6.45) is 4.22. The van der Waals surface area contributed by atoms with E-state index in [-0.39, 0.29) is 0 Å². The van der Waals surface area contributed by atoms with Crippen molar-refractivity contribution in [1.29, 1.82) is 0 Å². The van der Waals surface area contributed by atoms with Gasteiger partial charge in [-0.1, -0.05) is 72.8 Å². The molecule has 0 spiro atoms. The number of hydrogen-bond donors (Lipinski definition) is 3. The number of H-pyrrole nitrogens is 1. The van der Waals surface area contributed by atoms with E-state index < -0.39 is 0 Å². The van der Waals surface area contributed by atoms with Gasteiger partial charge in [0.2, 0.25) is 0 Å². The van der Waals surface area contributed by atoms with Crippen LogP contribution < -0.4 is 16.0 Å². The van der Waals surface area contributed by atoms with Crippen LogP contribution in [0.1, 0.15) is 11.1 Å². The second-order valence-electron chi connectivity index (χ2n) is 9.19. The molecule has 0 aliphatic rings. The number of carbonyl (C=O) groups is 1. The van der Waals surface area contributed by atoms with Crippen molar-refractivity contribution in [3.8, 4) is 11.1 Å². The minimum atomic E-state index is 0.434. The lowest BCUT2D eigenvalue weighted by Crippen LogP contribution is -2.17. The molecule has 198 valence electrons. The van der Waals surface area contributed by atoms with E-state index in [4.69, 9.17) is 0 Å². The highest BCUT2D eigenvalue weighted by Crippen LogP contribution is 2.36. The zero-order valence-corrected chi connectivity index (χ0v) is 23.2. The van der Waals surface area contributed by atoms with Crippen molar-refractivity contribution in [2.75, 3.05) is 23.0 Å². The van der Waals surface area contributed by atoms with E-state index in [0.717, 1.165) is 45.7 Å². The molecule has 5 nitrogen and oxygen atoms in total. The molecule has 39 heavy (non-hydrogen) atoms. The van der Waals surface area contributed by atoms with Crippen molar-refractivity contribution in [1.82, 2.24) is 4.98 Å². The average Bonchev–Trinajstić information content (AvgIpc) is 3.35. The van der Waals surface area contributed by atoms with Gasteiger partial charge in [-0.05, 0) is 60.1 Å². The third-order valence-corrected chi connectivity index (χ3v) is 7.21. The minimum absolute atomic E-state index is 0.434. The van der Waals surface area contributed by atoms with Crippen molar-refractivity contribution in [2.45, 2.75) is 18.4 Å². The van der Waals surface area contributed by atoms with E-state index in [2.05, 4.69) is 126 Å². The van der Waals surface area contributed by atoms with Crippen LogP contribution in [0.5, 0.6) is 0 Å². The van der Waals surface area contributed by atoms with Gasteiger partial charge in [0.25, 0.3) is 0 Å². The number of thioether (sulfide) groups is 1. The van der Waals surface area contributed by atoms with Crippen molar-refractivity contribution in [3.63, 3.8) is 0 Å². The summed E-state index contributed by atoms with van der Waals surface area (Å²) < 4.78 is 0. The van der Waals surface area contributed by atoms with E-state index in [1.807, 2.05) is 12.3 Å². The zero-order valence-electron chi connectivity index (χ0n) is 22.4. The van der Waals surface area contributed by atoms with Gasteiger partial charge >= 0.3 is 0 Å². The molecule has 0 amide bonds. The number of aromatic nitrogens is 1. The number of nitrogens with two attached hydrogens (primary N) is 1. The molecular weight excluding hydrogens is 500 g/mol. The summed E-state index contributed by atoms with van der Waals surface area (Å²) in [5.74, 6) is 0.434. The Labute approximate surface area is 234 Å². The van der Waals surface area contributed by atoms with Crippen molar-refractivity contribution in [3.05, 3.63) is 121 Å². The third kappa shape index (κ3) is 7.12. The molecule has 0 aliphatic heterocycles. The quantitative estimate of drug-likeness (QED) is 0.132. The number of aldehydes is 1. The molecule has 0 saturated heterocycles. The predicted molar refractivity (Wildman–Crippen MR) is 168 cm³/mol. The van der Waals surface area contributed by atoms with Gasteiger partial charge in [-0.2, -0.15) is 0 Å². The Hall–Kier alpha value is -4.42. The fourth-order valence-electron chi connectivity index (χ4n) is 4.47. The molecule has 0 radical (unpaired) electrons. The molecule has 6 heteroatoms. The molecule has 0 fully saturated rings. The second kappa shape index (κ2) is 13.4. The van der Waals surface area contributed by atoms with Gasteiger partial charge < -0.3 is 25.7 Å².